The van der Waals surface area contributed by atoms with E-state index in [9.17, 15) is 0 Å². The maximum Gasteiger partial charge on any atom is 0.312 e. The highest BCUT2D eigenvalue weighted by Crippen LogP contribution is 2.45. The Labute approximate surface area is 123 Å². The van der Waals surface area contributed by atoms with Gasteiger partial charge in [-0.05, 0) is 17.5 Å². The van der Waals surface area contributed by atoms with Crippen LogP contribution in [0.2, 0.25) is 0 Å². The Morgan fingerprint density at radius 3 is 2.33 bits per heavy atom. The van der Waals surface area contributed by atoms with Crippen molar-refractivity contribution in [2.45, 2.75) is 12.9 Å². The molecule has 3 aliphatic heterocycles. The Bertz CT molecular complexity index is 670. The summed E-state index contributed by atoms with van der Waals surface area (Å²) in [5.41, 5.74) is 0.808. The van der Waals surface area contributed by atoms with Gasteiger partial charge in [0.05, 0.1) is 26.9 Å². The Balaban J connectivity index is 1.84. The van der Waals surface area contributed by atoms with E-state index in [0.29, 0.717) is 19.8 Å². The molecule has 4 nitrogen and oxygen atoms in total. The first-order valence-corrected chi connectivity index (χ1v) is 7.13. The number of fused-ring (bicyclic) bond motifs is 4. The molecule has 2 aromatic carbocycles. The van der Waals surface area contributed by atoms with E-state index in [1.807, 2.05) is 36.4 Å². The molecule has 110 valence electrons. The van der Waals surface area contributed by atoms with Crippen molar-refractivity contribution in [3.63, 3.8) is 0 Å². The zero-order chi connectivity index (χ0) is 14.5. The van der Waals surface area contributed by atoms with Gasteiger partial charge < -0.3 is 18.9 Å². The Morgan fingerprint density at radius 1 is 1.00 bits per heavy atom. The second-order valence-electron chi connectivity index (χ2n) is 6.13. The number of rotatable bonds is 2. The number of hydrogen-bond acceptors (Lipinski definition) is 4. The van der Waals surface area contributed by atoms with Crippen molar-refractivity contribution in [3.8, 4) is 5.75 Å². The van der Waals surface area contributed by atoms with Crippen molar-refractivity contribution < 1.29 is 18.9 Å². The van der Waals surface area contributed by atoms with Gasteiger partial charge in [0.15, 0.2) is 0 Å². The van der Waals surface area contributed by atoms with Gasteiger partial charge in [-0.3, -0.25) is 0 Å². The highest BCUT2D eigenvalue weighted by atomic mass is 16.9. The first-order valence-electron chi connectivity index (χ1n) is 7.13. The van der Waals surface area contributed by atoms with Crippen LogP contribution in [-0.4, -0.2) is 26.9 Å². The minimum absolute atomic E-state index is 0.0390. The molecule has 0 atom stereocenters. The molecule has 3 aliphatic rings. The van der Waals surface area contributed by atoms with Crippen LogP contribution in [0.25, 0.3) is 10.8 Å². The van der Waals surface area contributed by atoms with Crippen molar-refractivity contribution in [1.82, 2.24) is 0 Å². The maximum absolute atomic E-state index is 5.90. The van der Waals surface area contributed by atoms with Gasteiger partial charge in [-0.15, -0.1) is 0 Å². The summed E-state index contributed by atoms with van der Waals surface area (Å²) in [4.78, 5) is 0. The fourth-order valence-electron chi connectivity index (χ4n) is 2.93. The minimum Gasteiger partial charge on any atom is -0.496 e. The normalized spacial score (nSPS) is 31.5. The second kappa shape index (κ2) is 4.44. The topological polar surface area (TPSA) is 36.9 Å². The summed E-state index contributed by atoms with van der Waals surface area (Å²) in [6, 6.07) is 12.1. The molecule has 3 heterocycles. The number of benzene rings is 2. The summed E-state index contributed by atoms with van der Waals surface area (Å²) in [5, 5.41) is 2.15. The SMILES string of the molecule is COc1cc(C23OCC(C)(CO2)CO3)cc2ccccc12. The highest BCUT2D eigenvalue weighted by molar-refractivity contribution is 5.89. The van der Waals surface area contributed by atoms with Crippen LogP contribution in [0, 0.1) is 5.41 Å². The lowest BCUT2D eigenvalue weighted by Gasteiger charge is -2.50. The predicted molar refractivity (Wildman–Crippen MR) is 78.1 cm³/mol. The van der Waals surface area contributed by atoms with Crippen LogP contribution in [0.15, 0.2) is 36.4 Å². The van der Waals surface area contributed by atoms with E-state index < -0.39 is 5.97 Å². The molecule has 5 rings (SSSR count). The molecule has 0 spiro atoms. The predicted octanol–water partition coefficient (Wildman–Crippen LogP) is 3.04. The van der Waals surface area contributed by atoms with Crippen LogP contribution in [0.5, 0.6) is 5.75 Å². The van der Waals surface area contributed by atoms with Crippen LogP contribution < -0.4 is 4.74 Å². The van der Waals surface area contributed by atoms with E-state index >= 15 is 0 Å². The number of hydrogen-bond donors (Lipinski definition) is 0. The molecule has 2 aromatic rings. The van der Waals surface area contributed by atoms with Crippen molar-refractivity contribution in [3.05, 3.63) is 42.0 Å². The standard InChI is InChI=1S/C17H18O4/c1-16-9-19-17(20-10-16,21-11-16)13-7-12-5-3-4-6-14(12)15(8-13)18-2/h3-8H,9-11H2,1-2H3. The zero-order valence-electron chi connectivity index (χ0n) is 12.2. The fraction of sp³-hybridized carbons (Fsp3) is 0.412. The Kier molecular flexibility index (Phi) is 2.76. The van der Waals surface area contributed by atoms with Crippen LogP contribution >= 0.6 is 0 Å². The van der Waals surface area contributed by atoms with Crippen LogP contribution in [-0.2, 0) is 20.2 Å². The molecule has 0 N–H and O–H groups in total. The molecule has 0 amide bonds. The van der Waals surface area contributed by atoms with Crippen LogP contribution in [0.1, 0.15) is 12.5 Å². The molecule has 4 heteroatoms. The van der Waals surface area contributed by atoms with Crippen molar-refractivity contribution >= 4 is 10.8 Å². The summed E-state index contributed by atoms with van der Waals surface area (Å²) in [5.74, 6) is -0.290. The van der Waals surface area contributed by atoms with Gasteiger partial charge in [0.1, 0.15) is 5.75 Å². The summed E-state index contributed by atoms with van der Waals surface area (Å²) < 4.78 is 23.2. The third kappa shape index (κ3) is 1.94. The van der Waals surface area contributed by atoms with Gasteiger partial charge in [0.2, 0.25) is 0 Å². The first kappa shape index (κ1) is 13.1. The first-order chi connectivity index (χ1) is 10.1. The third-order valence-corrected chi connectivity index (χ3v) is 4.23. The smallest absolute Gasteiger partial charge is 0.312 e. The van der Waals surface area contributed by atoms with Gasteiger partial charge >= 0.3 is 5.97 Å². The molecule has 2 bridgehead atoms. The molecule has 21 heavy (non-hydrogen) atoms. The molecular formula is C17H18O4. The summed E-state index contributed by atoms with van der Waals surface area (Å²) in [6.07, 6.45) is 0. The fourth-order valence-corrected chi connectivity index (χ4v) is 2.93. The van der Waals surface area contributed by atoms with E-state index in [0.717, 1.165) is 22.1 Å². The third-order valence-electron chi connectivity index (χ3n) is 4.23. The molecule has 3 fully saturated rings. The lowest BCUT2D eigenvalue weighted by molar-refractivity contribution is -0.477. The monoisotopic (exact) mass is 286 g/mol. The largest absolute Gasteiger partial charge is 0.496 e. The zero-order valence-corrected chi connectivity index (χ0v) is 12.2. The summed E-state index contributed by atoms with van der Waals surface area (Å²) in [7, 11) is 1.67. The molecular weight excluding hydrogens is 268 g/mol. The molecule has 3 saturated heterocycles. The van der Waals surface area contributed by atoms with Gasteiger partial charge in [-0.2, -0.15) is 0 Å². The van der Waals surface area contributed by atoms with Gasteiger partial charge in [-0.25, -0.2) is 0 Å². The Hall–Kier alpha value is -1.62. The van der Waals surface area contributed by atoms with E-state index in [4.69, 9.17) is 18.9 Å². The molecule has 0 radical (unpaired) electrons. The van der Waals surface area contributed by atoms with Crippen molar-refractivity contribution in [2.24, 2.45) is 5.41 Å². The van der Waals surface area contributed by atoms with Gasteiger partial charge in [-0.1, -0.05) is 31.2 Å². The van der Waals surface area contributed by atoms with E-state index in [1.54, 1.807) is 7.11 Å². The van der Waals surface area contributed by atoms with E-state index in [1.165, 1.54) is 0 Å². The quantitative estimate of drug-likeness (QED) is 0.850. The van der Waals surface area contributed by atoms with Crippen LogP contribution in [0.3, 0.4) is 0 Å². The van der Waals surface area contributed by atoms with Crippen molar-refractivity contribution in [2.75, 3.05) is 26.9 Å². The highest BCUT2D eigenvalue weighted by Gasteiger charge is 2.51. The number of methoxy groups -OCH3 is 1. The van der Waals surface area contributed by atoms with E-state index in [2.05, 4.69) is 6.92 Å². The minimum atomic E-state index is -1.09. The second-order valence-corrected chi connectivity index (χ2v) is 6.13. The van der Waals surface area contributed by atoms with Crippen molar-refractivity contribution in [1.29, 1.82) is 0 Å². The Morgan fingerprint density at radius 2 is 1.67 bits per heavy atom. The lowest BCUT2D eigenvalue weighted by atomic mass is 9.91. The molecule has 0 unspecified atom stereocenters. The average molecular weight is 286 g/mol. The van der Waals surface area contributed by atoms with Gasteiger partial charge in [0.25, 0.3) is 0 Å². The average Bonchev–Trinajstić information content (AvgIpc) is 2.55. The summed E-state index contributed by atoms with van der Waals surface area (Å²) in [6.45, 7) is 4.03. The maximum atomic E-state index is 5.90. The van der Waals surface area contributed by atoms with Gasteiger partial charge in [0, 0.05) is 16.4 Å². The van der Waals surface area contributed by atoms with E-state index in [-0.39, 0.29) is 5.41 Å². The van der Waals surface area contributed by atoms with Crippen LogP contribution in [0.4, 0.5) is 0 Å². The molecule has 0 saturated carbocycles. The molecule has 0 aliphatic carbocycles. The molecule has 0 aromatic heterocycles. The lowest BCUT2D eigenvalue weighted by Crippen LogP contribution is -2.57. The summed E-state index contributed by atoms with van der Waals surface area (Å²) >= 11 is 0. The number of ether oxygens (including phenoxy) is 4.